The summed E-state index contributed by atoms with van der Waals surface area (Å²) in [4.78, 5) is 10.8. The summed E-state index contributed by atoms with van der Waals surface area (Å²) < 4.78 is 5.36. The van der Waals surface area contributed by atoms with Gasteiger partial charge in [-0.15, -0.1) is 0 Å². The second kappa shape index (κ2) is 5.67. The number of ether oxygens (including phenoxy) is 1. The van der Waals surface area contributed by atoms with Crippen molar-refractivity contribution in [1.82, 2.24) is 0 Å². The van der Waals surface area contributed by atoms with E-state index in [0.29, 0.717) is 11.8 Å². The number of nitro groups is 1. The van der Waals surface area contributed by atoms with Crippen LogP contribution in [0.25, 0.3) is 0 Å². The summed E-state index contributed by atoms with van der Waals surface area (Å²) in [6, 6.07) is 13.1. The lowest BCUT2D eigenvalue weighted by Crippen LogP contribution is -2.29. The third kappa shape index (κ3) is 2.33. The third-order valence-corrected chi connectivity index (χ3v) is 5.01. The number of methoxy groups -OCH3 is 1. The minimum atomic E-state index is -0.338. The smallest absolute Gasteiger partial charge is 0.269 e. The van der Waals surface area contributed by atoms with E-state index in [1.807, 2.05) is 18.2 Å². The van der Waals surface area contributed by atoms with Crippen LogP contribution in [0.5, 0.6) is 5.75 Å². The predicted molar refractivity (Wildman–Crippen MR) is 92.4 cm³/mol. The maximum Gasteiger partial charge on any atom is 0.269 e. The van der Waals surface area contributed by atoms with Crippen LogP contribution in [0.15, 0.2) is 54.6 Å². The third-order valence-electron chi connectivity index (χ3n) is 5.01. The molecule has 0 saturated carbocycles. The Kier molecular flexibility index (Phi) is 3.49. The van der Waals surface area contributed by atoms with E-state index in [9.17, 15) is 10.1 Å². The van der Waals surface area contributed by atoms with E-state index < -0.39 is 0 Å². The first-order valence-electron chi connectivity index (χ1n) is 8.03. The molecular weight excluding hydrogens is 304 g/mol. The molecule has 0 unspecified atom stereocenters. The Balaban J connectivity index is 1.76. The number of hydrogen-bond acceptors (Lipinski definition) is 4. The van der Waals surface area contributed by atoms with Gasteiger partial charge in [-0.1, -0.05) is 24.3 Å². The van der Waals surface area contributed by atoms with Crippen LogP contribution in [0.3, 0.4) is 0 Å². The molecule has 3 atom stereocenters. The van der Waals surface area contributed by atoms with E-state index in [-0.39, 0.29) is 16.7 Å². The molecule has 5 nitrogen and oxygen atoms in total. The zero-order valence-electron chi connectivity index (χ0n) is 13.3. The monoisotopic (exact) mass is 322 g/mol. The minimum absolute atomic E-state index is 0.0609. The van der Waals surface area contributed by atoms with Gasteiger partial charge in [-0.05, 0) is 41.7 Å². The number of allylic oxidation sites excluding steroid dienone is 2. The van der Waals surface area contributed by atoms with Crippen molar-refractivity contribution >= 4 is 11.4 Å². The SMILES string of the molecule is COc1ccc2c(c1)[C@@H]1C=CC[C@H]1[C@H](c1cccc([N+](=O)[O-])c1)N2. The van der Waals surface area contributed by atoms with Crippen molar-refractivity contribution < 1.29 is 9.66 Å². The minimum Gasteiger partial charge on any atom is -0.497 e. The Morgan fingerprint density at radius 1 is 1.25 bits per heavy atom. The fraction of sp³-hybridized carbons (Fsp3) is 0.263. The first kappa shape index (κ1) is 14.8. The van der Waals surface area contributed by atoms with Crippen LogP contribution in [-0.2, 0) is 0 Å². The molecule has 1 N–H and O–H groups in total. The number of fused-ring (bicyclic) bond motifs is 3. The first-order valence-corrected chi connectivity index (χ1v) is 8.03. The molecule has 1 heterocycles. The van der Waals surface area contributed by atoms with Gasteiger partial charge in [-0.2, -0.15) is 0 Å². The van der Waals surface area contributed by atoms with E-state index in [4.69, 9.17) is 4.74 Å². The Bertz CT molecular complexity index is 831. The van der Waals surface area contributed by atoms with Gasteiger partial charge in [0.05, 0.1) is 18.1 Å². The van der Waals surface area contributed by atoms with Crippen LogP contribution < -0.4 is 10.1 Å². The number of nitrogens with zero attached hydrogens (tertiary/aromatic N) is 1. The summed E-state index contributed by atoms with van der Waals surface area (Å²) >= 11 is 0. The van der Waals surface area contributed by atoms with Gasteiger partial charge >= 0.3 is 0 Å². The number of rotatable bonds is 3. The molecule has 122 valence electrons. The van der Waals surface area contributed by atoms with Crippen molar-refractivity contribution in [3.05, 3.63) is 75.9 Å². The van der Waals surface area contributed by atoms with E-state index in [1.54, 1.807) is 19.2 Å². The van der Waals surface area contributed by atoms with Crippen LogP contribution in [0, 0.1) is 16.0 Å². The zero-order valence-corrected chi connectivity index (χ0v) is 13.3. The molecule has 0 saturated heterocycles. The Hall–Kier alpha value is -2.82. The molecule has 0 fully saturated rings. The summed E-state index contributed by atoms with van der Waals surface area (Å²) in [5, 5.41) is 14.7. The summed E-state index contributed by atoms with van der Waals surface area (Å²) in [6.45, 7) is 0. The Labute approximate surface area is 140 Å². The van der Waals surface area contributed by atoms with Gasteiger partial charge in [0.25, 0.3) is 5.69 Å². The van der Waals surface area contributed by atoms with Gasteiger partial charge in [0.15, 0.2) is 0 Å². The van der Waals surface area contributed by atoms with Crippen LogP contribution in [0.1, 0.15) is 29.5 Å². The normalized spacial score (nSPS) is 24.0. The average Bonchev–Trinajstić information content (AvgIpc) is 3.10. The molecule has 24 heavy (non-hydrogen) atoms. The molecule has 0 spiro atoms. The number of non-ortho nitro benzene ring substituents is 1. The van der Waals surface area contributed by atoms with Gasteiger partial charge in [0.2, 0.25) is 0 Å². The second-order valence-electron chi connectivity index (χ2n) is 6.28. The average molecular weight is 322 g/mol. The molecule has 1 aliphatic heterocycles. The first-order chi connectivity index (χ1) is 11.7. The maximum atomic E-state index is 11.1. The van der Waals surface area contributed by atoms with Gasteiger partial charge in [-0.3, -0.25) is 10.1 Å². The highest BCUT2D eigenvalue weighted by molar-refractivity contribution is 5.62. The molecule has 2 aromatic rings. The second-order valence-corrected chi connectivity index (χ2v) is 6.28. The van der Waals surface area contributed by atoms with Crippen LogP contribution in [0.2, 0.25) is 0 Å². The van der Waals surface area contributed by atoms with E-state index in [1.165, 1.54) is 11.6 Å². The lowest BCUT2D eigenvalue weighted by atomic mass is 9.77. The molecule has 2 aliphatic rings. The Morgan fingerprint density at radius 2 is 2.12 bits per heavy atom. The predicted octanol–water partition coefficient (Wildman–Crippen LogP) is 4.43. The summed E-state index contributed by atoms with van der Waals surface area (Å²) in [6.07, 6.45) is 5.41. The Morgan fingerprint density at radius 3 is 2.92 bits per heavy atom. The summed E-state index contributed by atoms with van der Waals surface area (Å²) in [5.74, 6) is 1.51. The molecule has 4 rings (SSSR count). The van der Waals surface area contributed by atoms with E-state index in [0.717, 1.165) is 23.4 Å². The van der Waals surface area contributed by atoms with Crippen molar-refractivity contribution in [2.24, 2.45) is 5.92 Å². The van der Waals surface area contributed by atoms with E-state index >= 15 is 0 Å². The van der Waals surface area contributed by atoms with Crippen molar-refractivity contribution in [3.8, 4) is 5.75 Å². The molecule has 0 aromatic heterocycles. The van der Waals surface area contributed by atoms with Crippen LogP contribution in [0.4, 0.5) is 11.4 Å². The highest BCUT2D eigenvalue weighted by Gasteiger charge is 2.38. The lowest BCUT2D eigenvalue weighted by molar-refractivity contribution is -0.384. The molecule has 0 bridgehead atoms. The standard InChI is InChI=1S/C19H18N2O3/c1-24-14-8-9-18-17(11-14)15-6-3-7-16(15)19(20-18)12-4-2-5-13(10-12)21(22)23/h2-6,8-11,15-16,19-20H,7H2,1H3/t15-,16-,19+/m1/s1. The number of hydrogen-bond donors (Lipinski definition) is 1. The molecule has 0 radical (unpaired) electrons. The van der Waals surface area contributed by atoms with Crippen LogP contribution >= 0.6 is 0 Å². The van der Waals surface area contributed by atoms with Crippen LogP contribution in [-0.4, -0.2) is 12.0 Å². The highest BCUT2D eigenvalue weighted by atomic mass is 16.6. The molecule has 0 amide bonds. The van der Waals surface area contributed by atoms with Gasteiger partial charge in [-0.25, -0.2) is 0 Å². The fourth-order valence-electron chi connectivity index (χ4n) is 3.86. The van der Waals surface area contributed by atoms with Crippen molar-refractivity contribution in [2.45, 2.75) is 18.4 Å². The number of anilines is 1. The quantitative estimate of drug-likeness (QED) is 0.516. The fourth-order valence-corrected chi connectivity index (χ4v) is 3.86. The molecule has 5 heteroatoms. The molecule has 1 aliphatic carbocycles. The lowest BCUT2D eigenvalue weighted by Gasteiger charge is -2.37. The summed E-state index contributed by atoms with van der Waals surface area (Å²) in [5.41, 5.74) is 3.40. The van der Waals surface area contributed by atoms with Gasteiger partial charge < -0.3 is 10.1 Å². The largest absolute Gasteiger partial charge is 0.497 e. The van der Waals surface area contributed by atoms with Gasteiger partial charge in [0, 0.05) is 23.7 Å². The highest BCUT2D eigenvalue weighted by Crippen LogP contribution is 2.50. The van der Waals surface area contributed by atoms with Crippen molar-refractivity contribution in [1.29, 1.82) is 0 Å². The number of nitrogens with one attached hydrogen (secondary N) is 1. The maximum absolute atomic E-state index is 11.1. The van der Waals surface area contributed by atoms with Crippen molar-refractivity contribution in [3.63, 3.8) is 0 Å². The summed E-state index contributed by atoms with van der Waals surface area (Å²) in [7, 11) is 1.67. The van der Waals surface area contributed by atoms with E-state index in [2.05, 4.69) is 23.5 Å². The topological polar surface area (TPSA) is 64.4 Å². The molecule has 2 aromatic carbocycles. The molecular formula is C19H18N2O3. The zero-order chi connectivity index (χ0) is 16.7. The van der Waals surface area contributed by atoms with Crippen molar-refractivity contribution in [2.75, 3.05) is 12.4 Å². The number of benzene rings is 2. The number of nitro benzene ring substituents is 1. The van der Waals surface area contributed by atoms with Gasteiger partial charge in [0.1, 0.15) is 5.75 Å².